The van der Waals surface area contributed by atoms with Gasteiger partial charge in [-0.15, -0.1) is 0 Å². The first-order chi connectivity index (χ1) is 11.0. The number of H-pyrrole nitrogens is 1. The lowest BCUT2D eigenvalue weighted by Crippen LogP contribution is -2.36. The van der Waals surface area contributed by atoms with E-state index in [0.717, 1.165) is 13.0 Å². The molecule has 2 aromatic rings. The summed E-state index contributed by atoms with van der Waals surface area (Å²) in [5, 5.41) is 7.04. The lowest BCUT2D eigenvalue weighted by molar-refractivity contribution is -0.121. The Hall–Kier alpha value is -2.44. The van der Waals surface area contributed by atoms with E-state index in [1.54, 1.807) is 13.1 Å². The first kappa shape index (κ1) is 16.9. The molecule has 2 aromatic heterocycles. The third-order valence-corrected chi connectivity index (χ3v) is 3.70. The van der Waals surface area contributed by atoms with Crippen molar-refractivity contribution in [2.75, 3.05) is 0 Å². The molecule has 0 unspecified atom stereocenters. The van der Waals surface area contributed by atoms with Gasteiger partial charge in [0.2, 0.25) is 5.91 Å². The first-order valence-electron chi connectivity index (χ1n) is 7.85. The summed E-state index contributed by atoms with van der Waals surface area (Å²) in [6.45, 7) is 6.36. The van der Waals surface area contributed by atoms with Crippen LogP contribution in [-0.2, 0) is 24.2 Å². The average Bonchev–Trinajstić information content (AvgIpc) is 3.02. The number of carbonyl (C=O) groups is 1. The van der Waals surface area contributed by atoms with E-state index in [1.807, 2.05) is 30.8 Å². The molecule has 0 spiro atoms. The summed E-state index contributed by atoms with van der Waals surface area (Å²) in [5.41, 5.74) is 0.817. The number of hydrogen-bond acceptors (Lipinski definition) is 4. The quantitative estimate of drug-likeness (QED) is 0.796. The van der Waals surface area contributed by atoms with E-state index in [0.29, 0.717) is 23.5 Å². The molecule has 124 valence electrons. The van der Waals surface area contributed by atoms with Gasteiger partial charge in [0.15, 0.2) is 0 Å². The fourth-order valence-electron chi connectivity index (χ4n) is 2.36. The molecular formula is C16H23N5O2. The Kier molecular flexibility index (Phi) is 5.67. The molecule has 1 amide bonds. The fraction of sp³-hybridized carbons (Fsp3) is 0.500. The molecule has 0 radical (unpaired) electrons. The lowest BCUT2D eigenvalue weighted by Gasteiger charge is -2.14. The van der Waals surface area contributed by atoms with Crippen molar-refractivity contribution in [3.63, 3.8) is 0 Å². The molecule has 0 aliphatic rings. The highest BCUT2D eigenvalue weighted by Crippen LogP contribution is 2.02. The average molecular weight is 317 g/mol. The van der Waals surface area contributed by atoms with Gasteiger partial charge in [0.05, 0.1) is 6.42 Å². The van der Waals surface area contributed by atoms with E-state index in [-0.39, 0.29) is 23.9 Å². The molecule has 0 bridgehead atoms. The molecule has 1 atom stereocenters. The standard InChI is InChI=1S/C16H23N5O2/c1-4-14-19-12(3)13(16(23)20-14)10-15(22)18-11(2)6-9-21-8-5-7-17-21/h5,7-8,11H,4,6,9-10H2,1-3H3,(H,18,22)(H,19,20,23)/t11-/m0/s1. The highest BCUT2D eigenvalue weighted by Gasteiger charge is 2.14. The van der Waals surface area contributed by atoms with Gasteiger partial charge in [0.25, 0.3) is 5.56 Å². The van der Waals surface area contributed by atoms with Crippen LogP contribution in [0.1, 0.15) is 37.4 Å². The monoisotopic (exact) mass is 317 g/mol. The Morgan fingerprint density at radius 1 is 1.48 bits per heavy atom. The third-order valence-electron chi connectivity index (χ3n) is 3.70. The zero-order valence-electron chi connectivity index (χ0n) is 13.8. The maximum atomic E-state index is 12.1. The van der Waals surface area contributed by atoms with Crippen molar-refractivity contribution in [3.8, 4) is 0 Å². The summed E-state index contributed by atoms with van der Waals surface area (Å²) in [7, 11) is 0. The molecule has 0 aliphatic heterocycles. The predicted molar refractivity (Wildman–Crippen MR) is 87.1 cm³/mol. The zero-order chi connectivity index (χ0) is 16.8. The SMILES string of the molecule is CCc1nc(C)c(CC(=O)N[C@@H](C)CCn2cccn2)c(=O)[nH]1. The number of aromatic amines is 1. The Bertz CT molecular complexity index is 706. The molecule has 0 saturated carbocycles. The molecular weight excluding hydrogens is 294 g/mol. The number of rotatable bonds is 7. The second kappa shape index (κ2) is 7.71. The van der Waals surface area contributed by atoms with Crippen LogP contribution in [0, 0.1) is 6.92 Å². The summed E-state index contributed by atoms with van der Waals surface area (Å²) in [6, 6.07) is 1.87. The number of nitrogens with zero attached hydrogens (tertiary/aromatic N) is 3. The van der Waals surface area contributed by atoms with Crippen molar-refractivity contribution >= 4 is 5.91 Å². The topological polar surface area (TPSA) is 92.7 Å². The van der Waals surface area contributed by atoms with Gasteiger partial charge in [-0.25, -0.2) is 4.98 Å². The molecule has 2 N–H and O–H groups in total. The van der Waals surface area contributed by atoms with Crippen LogP contribution in [0.25, 0.3) is 0 Å². The molecule has 7 heteroatoms. The highest BCUT2D eigenvalue weighted by molar-refractivity contribution is 5.78. The van der Waals surface area contributed by atoms with Gasteiger partial charge in [-0.1, -0.05) is 6.92 Å². The number of nitrogens with one attached hydrogen (secondary N) is 2. The van der Waals surface area contributed by atoms with Crippen LogP contribution in [0.4, 0.5) is 0 Å². The molecule has 0 aromatic carbocycles. The van der Waals surface area contributed by atoms with Gasteiger partial charge in [-0.05, 0) is 26.3 Å². The van der Waals surface area contributed by atoms with Crippen molar-refractivity contribution in [2.45, 2.75) is 52.6 Å². The maximum Gasteiger partial charge on any atom is 0.254 e. The molecule has 0 saturated heterocycles. The van der Waals surface area contributed by atoms with Crippen molar-refractivity contribution in [1.82, 2.24) is 25.1 Å². The summed E-state index contributed by atoms with van der Waals surface area (Å²) in [4.78, 5) is 31.2. The Morgan fingerprint density at radius 2 is 2.26 bits per heavy atom. The normalized spacial score (nSPS) is 12.1. The minimum Gasteiger partial charge on any atom is -0.353 e. The molecule has 7 nitrogen and oxygen atoms in total. The highest BCUT2D eigenvalue weighted by atomic mass is 16.2. The fourth-order valence-corrected chi connectivity index (χ4v) is 2.36. The lowest BCUT2D eigenvalue weighted by atomic mass is 10.1. The minimum absolute atomic E-state index is 0.00830. The zero-order valence-corrected chi connectivity index (χ0v) is 13.8. The van der Waals surface area contributed by atoms with E-state index in [2.05, 4.69) is 20.4 Å². The largest absolute Gasteiger partial charge is 0.353 e. The summed E-state index contributed by atoms with van der Waals surface area (Å²) in [5.74, 6) is 0.474. The number of hydrogen-bond donors (Lipinski definition) is 2. The van der Waals surface area contributed by atoms with Gasteiger partial charge < -0.3 is 10.3 Å². The van der Waals surface area contributed by atoms with E-state index in [9.17, 15) is 9.59 Å². The van der Waals surface area contributed by atoms with E-state index < -0.39 is 0 Å². The van der Waals surface area contributed by atoms with Crippen LogP contribution in [0.3, 0.4) is 0 Å². The van der Waals surface area contributed by atoms with Gasteiger partial charge in [0, 0.05) is 42.7 Å². The Balaban J connectivity index is 1.90. The van der Waals surface area contributed by atoms with Crippen LogP contribution in [0.15, 0.2) is 23.3 Å². The summed E-state index contributed by atoms with van der Waals surface area (Å²) in [6.07, 6.45) is 5.09. The maximum absolute atomic E-state index is 12.1. The summed E-state index contributed by atoms with van der Waals surface area (Å²) >= 11 is 0. The number of amides is 1. The van der Waals surface area contributed by atoms with Crippen LogP contribution in [0.5, 0.6) is 0 Å². The van der Waals surface area contributed by atoms with E-state index in [4.69, 9.17) is 0 Å². The second-order valence-electron chi connectivity index (χ2n) is 5.63. The van der Waals surface area contributed by atoms with E-state index >= 15 is 0 Å². The predicted octanol–water partition coefficient (Wildman–Crippen LogP) is 0.975. The molecule has 0 aliphatic carbocycles. The van der Waals surface area contributed by atoms with E-state index in [1.165, 1.54) is 0 Å². The van der Waals surface area contributed by atoms with Crippen molar-refractivity contribution in [3.05, 3.63) is 45.9 Å². The number of aromatic nitrogens is 4. The second-order valence-corrected chi connectivity index (χ2v) is 5.63. The van der Waals surface area contributed by atoms with Gasteiger partial charge >= 0.3 is 0 Å². The van der Waals surface area contributed by atoms with Crippen LogP contribution in [0.2, 0.25) is 0 Å². The minimum atomic E-state index is -0.228. The number of aryl methyl sites for hydroxylation is 3. The van der Waals surface area contributed by atoms with Crippen LogP contribution < -0.4 is 10.9 Å². The van der Waals surface area contributed by atoms with Crippen molar-refractivity contribution in [2.24, 2.45) is 0 Å². The van der Waals surface area contributed by atoms with Crippen LogP contribution in [-0.4, -0.2) is 31.7 Å². The Morgan fingerprint density at radius 3 is 2.87 bits per heavy atom. The van der Waals surface area contributed by atoms with Crippen molar-refractivity contribution < 1.29 is 4.79 Å². The molecule has 2 heterocycles. The molecule has 23 heavy (non-hydrogen) atoms. The van der Waals surface area contributed by atoms with Crippen molar-refractivity contribution in [1.29, 1.82) is 0 Å². The number of carbonyl (C=O) groups excluding carboxylic acids is 1. The molecule has 0 fully saturated rings. The molecule has 2 rings (SSSR count). The van der Waals surface area contributed by atoms with Gasteiger partial charge in [-0.3, -0.25) is 14.3 Å². The van der Waals surface area contributed by atoms with Gasteiger partial charge in [0.1, 0.15) is 5.82 Å². The smallest absolute Gasteiger partial charge is 0.254 e. The van der Waals surface area contributed by atoms with Crippen LogP contribution >= 0.6 is 0 Å². The third kappa shape index (κ3) is 4.77. The first-order valence-corrected chi connectivity index (χ1v) is 7.85. The summed E-state index contributed by atoms with van der Waals surface area (Å²) < 4.78 is 1.82. The van der Waals surface area contributed by atoms with Gasteiger partial charge in [-0.2, -0.15) is 5.10 Å². The Labute approximate surface area is 135 Å².